The van der Waals surface area contributed by atoms with Crippen LogP contribution in [-0.4, -0.2) is 15.0 Å². The first-order chi connectivity index (χ1) is 8.95. The molecule has 1 heterocycles. The van der Waals surface area contributed by atoms with E-state index in [4.69, 9.17) is 34.3 Å². The summed E-state index contributed by atoms with van der Waals surface area (Å²) in [5.74, 6) is -0.200. The van der Waals surface area contributed by atoms with Crippen molar-refractivity contribution < 1.29 is 9.13 Å². The predicted octanol–water partition coefficient (Wildman–Crippen LogP) is 3.00. The van der Waals surface area contributed by atoms with Gasteiger partial charge in [-0.15, -0.1) is 0 Å². The third-order valence-electron chi connectivity index (χ3n) is 2.19. The minimum absolute atomic E-state index is 0.0419. The van der Waals surface area contributed by atoms with Gasteiger partial charge in [-0.25, -0.2) is 9.37 Å². The SMILES string of the molecule is Cc1cc(C(N)=S)nc(Oc2ccc(F)c(Cl)c2)n1. The van der Waals surface area contributed by atoms with Crippen molar-refractivity contribution in [3.63, 3.8) is 0 Å². The highest BCUT2D eigenvalue weighted by molar-refractivity contribution is 7.80. The lowest BCUT2D eigenvalue weighted by atomic mass is 10.3. The number of aryl methyl sites for hydroxylation is 1. The minimum Gasteiger partial charge on any atom is -0.424 e. The number of aromatic nitrogens is 2. The lowest BCUT2D eigenvalue weighted by molar-refractivity contribution is 0.438. The molecule has 4 nitrogen and oxygen atoms in total. The quantitative estimate of drug-likeness (QED) is 0.883. The van der Waals surface area contributed by atoms with Gasteiger partial charge >= 0.3 is 6.01 Å². The first-order valence-electron chi connectivity index (χ1n) is 5.24. The van der Waals surface area contributed by atoms with Gasteiger partial charge in [0.2, 0.25) is 0 Å². The Bertz CT molecular complexity index is 651. The van der Waals surface area contributed by atoms with Gasteiger partial charge in [-0.1, -0.05) is 23.8 Å². The zero-order valence-electron chi connectivity index (χ0n) is 9.85. The van der Waals surface area contributed by atoms with Crippen molar-refractivity contribution >= 4 is 28.8 Å². The summed E-state index contributed by atoms with van der Waals surface area (Å²) in [6.07, 6.45) is 0. The summed E-state index contributed by atoms with van der Waals surface area (Å²) in [5.41, 5.74) is 6.57. The number of hydrogen-bond donors (Lipinski definition) is 1. The monoisotopic (exact) mass is 297 g/mol. The van der Waals surface area contributed by atoms with Gasteiger partial charge in [-0.3, -0.25) is 0 Å². The van der Waals surface area contributed by atoms with Crippen molar-refractivity contribution in [1.29, 1.82) is 0 Å². The number of nitrogens with zero attached hydrogens (tertiary/aromatic N) is 2. The summed E-state index contributed by atoms with van der Waals surface area (Å²) < 4.78 is 18.4. The first-order valence-corrected chi connectivity index (χ1v) is 6.03. The summed E-state index contributed by atoms with van der Waals surface area (Å²) in [4.78, 5) is 8.27. The molecule has 19 heavy (non-hydrogen) atoms. The molecule has 0 aliphatic carbocycles. The largest absolute Gasteiger partial charge is 0.424 e. The fourth-order valence-corrected chi connectivity index (χ4v) is 1.63. The van der Waals surface area contributed by atoms with E-state index < -0.39 is 5.82 Å². The van der Waals surface area contributed by atoms with Gasteiger partial charge < -0.3 is 10.5 Å². The molecule has 0 saturated heterocycles. The van der Waals surface area contributed by atoms with Gasteiger partial charge in [0.05, 0.1) is 5.02 Å². The maximum atomic E-state index is 13.0. The van der Waals surface area contributed by atoms with E-state index in [1.807, 2.05) is 0 Å². The van der Waals surface area contributed by atoms with E-state index in [2.05, 4.69) is 9.97 Å². The van der Waals surface area contributed by atoms with Gasteiger partial charge in [-0.05, 0) is 25.1 Å². The summed E-state index contributed by atoms with van der Waals surface area (Å²) in [6, 6.07) is 5.68. The number of rotatable bonds is 3. The van der Waals surface area contributed by atoms with Crippen LogP contribution in [0.25, 0.3) is 0 Å². The molecule has 0 aliphatic heterocycles. The number of hydrogen-bond acceptors (Lipinski definition) is 4. The Morgan fingerprint density at radius 1 is 1.37 bits per heavy atom. The predicted molar refractivity (Wildman–Crippen MR) is 74.1 cm³/mol. The van der Waals surface area contributed by atoms with Crippen molar-refractivity contribution in [2.75, 3.05) is 0 Å². The molecule has 1 aromatic heterocycles. The van der Waals surface area contributed by atoms with E-state index in [0.29, 0.717) is 17.1 Å². The molecule has 0 aliphatic rings. The van der Waals surface area contributed by atoms with Gasteiger partial charge in [0.15, 0.2) is 0 Å². The summed E-state index contributed by atoms with van der Waals surface area (Å²) >= 11 is 10.5. The van der Waals surface area contributed by atoms with E-state index in [0.717, 1.165) is 0 Å². The normalized spacial score (nSPS) is 10.3. The maximum absolute atomic E-state index is 13.0. The molecule has 0 fully saturated rings. The molecule has 0 spiro atoms. The number of benzene rings is 1. The minimum atomic E-state index is -0.525. The molecule has 0 unspecified atom stereocenters. The van der Waals surface area contributed by atoms with Crippen molar-refractivity contribution in [1.82, 2.24) is 9.97 Å². The average Bonchev–Trinajstić information content (AvgIpc) is 2.33. The van der Waals surface area contributed by atoms with Gasteiger partial charge in [0, 0.05) is 11.8 Å². The Labute approximate surface area is 119 Å². The molecule has 2 N–H and O–H groups in total. The second kappa shape index (κ2) is 5.46. The van der Waals surface area contributed by atoms with E-state index in [1.54, 1.807) is 13.0 Å². The Hall–Kier alpha value is -1.79. The standard InChI is InChI=1S/C12H9ClFN3OS/c1-6-4-10(11(15)19)17-12(16-6)18-7-2-3-9(14)8(13)5-7/h2-5H,1H3,(H2,15,19). The molecular weight excluding hydrogens is 289 g/mol. The third-order valence-corrected chi connectivity index (χ3v) is 2.69. The number of thiocarbonyl (C=S) groups is 1. The molecule has 7 heteroatoms. The smallest absolute Gasteiger partial charge is 0.322 e. The van der Waals surface area contributed by atoms with Crippen LogP contribution in [0.2, 0.25) is 5.02 Å². The lowest BCUT2D eigenvalue weighted by Crippen LogP contribution is -2.13. The fourth-order valence-electron chi connectivity index (χ4n) is 1.36. The van der Waals surface area contributed by atoms with Crippen LogP contribution >= 0.6 is 23.8 Å². The van der Waals surface area contributed by atoms with E-state index in [-0.39, 0.29) is 16.0 Å². The van der Waals surface area contributed by atoms with E-state index in [9.17, 15) is 4.39 Å². The zero-order chi connectivity index (χ0) is 14.0. The third kappa shape index (κ3) is 3.36. The second-order valence-electron chi connectivity index (χ2n) is 3.72. The summed E-state index contributed by atoms with van der Waals surface area (Å²) in [5, 5.41) is -0.0419. The van der Waals surface area contributed by atoms with Crippen LogP contribution in [0.3, 0.4) is 0 Å². The average molecular weight is 298 g/mol. The zero-order valence-corrected chi connectivity index (χ0v) is 11.4. The molecule has 0 radical (unpaired) electrons. The lowest BCUT2D eigenvalue weighted by Gasteiger charge is -2.07. The Balaban J connectivity index is 2.32. The number of nitrogens with two attached hydrogens (primary N) is 1. The van der Waals surface area contributed by atoms with Gasteiger partial charge in [-0.2, -0.15) is 4.98 Å². The van der Waals surface area contributed by atoms with Crippen LogP contribution in [0.1, 0.15) is 11.4 Å². The molecular formula is C12H9ClFN3OS. The van der Waals surface area contributed by atoms with Crippen LogP contribution in [-0.2, 0) is 0 Å². The van der Waals surface area contributed by atoms with Crippen molar-refractivity contribution in [3.8, 4) is 11.8 Å². The summed E-state index contributed by atoms with van der Waals surface area (Å²) in [6.45, 7) is 1.76. The molecule has 0 amide bonds. The van der Waals surface area contributed by atoms with Crippen LogP contribution in [0, 0.1) is 12.7 Å². The first kappa shape index (κ1) is 13.6. The van der Waals surface area contributed by atoms with Crippen LogP contribution in [0.4, 0.5) is 4.39 Å². The molecule has 2 aromatic rings. The molecule has 0 bridgehead atoms. The molecule has 98 valence electrons. The molecule has 1 aromatic carbocycles. The van der Waals surface area contributed by atoms with Gasteiger partial charge in [0.1, 0.15) is 22.2 Å². The highest BCUT2D eigenvalue weighted by atomic mass is 35.5. The van der Waals surface area contributed by atoms with E-state index in [1.165, 1.54) is 18.2 Å². The molecule has 0 atom stereocenters. The highest BCUT2D eigenvalue weighted by Gasteiger charge is 2.08. The second-order valence-corrected chi connectivity index (χ2v) is 4.57. The maximum Gasteiger partial charge on any atom is 0.322 e. The Kier molecular flexibility index (Phi) is 3.92. The van der Waals surface area contributed by atoms with Crippen molar-refractivity contribution in [2.24, 2.45) is 5.73 Å². The van der Waals surface area contributed by atoms with Crippen LogP contribution < -0.4 is 10.5 Å². The van der Waals surface area contributed by atoms with Crippen molar-refractivity contribution in [2.45, 2.75) is 6.92 Å². The fraction of sp³-hybridized carbons (Fsp3) is 0.0833. The van der Waals surface area contributed by atoms with Crippen molar-refractivity contribution in [3.05, 3.63) is 46.5 Å². The van der Waals surface area contributed by atoms with E-state index >= 15 is 0 Å². The Morgan fingerprint density at radius 2 is 2.11 bits per heavy atom. The summed E-state index contributed by atoms with van der Waals surface area (Å²) in [7, 11) is 0. The topological polar surface area (TPSA) is 61.0 Å². The molecule has 2 rings (SSSR count). The number of ether oxygens (including phenoxy) is 1. The Morgan fingerprint density at radius 3 is 2.74 bits per heavy atom. The van der Waals surface area contributed by atoms with Crippen LogP contribution in [0.5, 0.6) is 11.8 Å². The molecule has 0 saturated carbocycles. The van der Waals surface area contributed by atoms with Crippen LogP contribution in [0.15, 0.2) is 24.3 Å². The number of halogens is 2. The van der Waals surface area contributed by atoms with Gasteiger partial charge in [0.25, 0.3) is 0 Å². The highest BCUT2D eigenvalue weighted by Crippen LogP contribution is 2.24.